The molecule has 0 saturated heterocycles. The smallest absolute Gasteiger partial charge is 0.107 e. The molecule has 1 aromatic heterocycles. The molecule has 0 aliphatic heterocycles. The van der Waals surface area contributed by atoms with Crippen LogP contribution >= 0.6 is 11.3 Å². The molecule has 108 valence electrons. The van der Waals surface area contributed by atoms with Crippen LogP contribution in [0.1, 0.15) is 56.7 Å². The first-order valence-corrected chi connectivity index (χ1v) is 8.59. The van der Waals surface area contributed by atoms with Crippen LogP contribution in [-0.4, -0.2) is 29.0 Å². The average Bonchev–Trinajstić information content (AvgIpc) is 3.17. The Morgan fingerprint density at radius 1 is 1.37 bits per heavy atom. The molecule has 0 amide bonds. The molecular weight excluding hydrogens is 254 g/mol. The van der Waals surface area contributed by atoms with Crippen molar-refractivity contribution in [3.63, 3.8) is 0 Å². The number of unbranched alkanes of at least 4 members (excludes halogenated alkanes) is 1. The summed E-state index contributed by atoms with van der Waals surface area (Å²) in [6.07, 6.45) is 6.56. The van der Waals surface area contributed by atoms with Gasteiger partial charge in [0.1, 0.15) is 5.01 Å². The molecule has 0 spiro atoms. The third-order valence-corrected chi connectivity index (χ3v) is 4.43. The Morgan fingerprint density at radius 2 is 2.21 bits per heavy atom. The summed E-state index contributed by atoms with van der Waals surface area (Å²) in [7, 11) is 0. The van der Waals surface area contributed by atoms with Crippen LogP contribution in [0.4, 0.5) is 0 Å². The van der Waals surface area contributed by atoms with Crippen LogP contribution in [0.5, 0.6) is 0 Å². The quantitative estimate of drug-likeness (QED) is 0.666. The fourth-order valence-corrected chi connectivity index (χ4v) is 3.03. The topological polar surface area (TPSA) is 28.2 Å². The van der Waals surface area contributed by atoms with Crippen molar-refractivity contribution >= 4 is 11.3 Å². The number of hydrogen-bond acceptors (Lipinski definition) is 4. The van der Waals surface area contributed by atoms with Crippen molar-refractivity contribution in [3.05, 3.63) is 16.1 Å². The van der Waals surface area contributed by atoms with Crippen molar-refractivity contribution in [2.75, 3.05) is 13.1 Å². The summed E-state index contributed by atoms with van der Waals surface area (Å²) in [4.78, 5) is 7.38. The summed E-state index contributed by atoms with van der Waals surface area (Å²) in [5.41, 5.74) is 1.27. The lowest BCUT2D eigenvalue weighted by Gasteiger charge is -2.20. The molecule has 1 aliphatic carbocycles. The van der Waals surface area contributed by atoms with Crippen molar-refractivity contribution in [2.24, 2.45) is 0 Å². The van der Waals surface area contributed by atoms with E-state index in [0.717, 1.165) is 25.7 Å². The SMILES string of the molecule is CCCCN(Cc1csc(CNCCC)n1)C1CC1. The van der Waals surface area contributed by atoms with Crippen LogP contribution in [0.15, 0.2) is 5.38 Å². The van der Waals surface area contributed by atoms with E-state index >= 15 is 0 Å². The first kappa shape index (κ1) is 14.9. The summed E-state index contributed by atoms with van der Waals surface area (Å²) in [6, 6.07) is 0.843. The van der Waals surface area contributed by atoms with E-state index < -0.39 is 0 Å². The van der Waals surface area contributed by atoms with Crippen molar-refractivity contribution in [2.45, 2.75) is 65.1 Å². The van der Waals surface area contributed by atoms with Gasteiger partial charge in [-0.3, -0.25) is 4.90 Å². The Labute approximate surface area is 121 Å². The van der Waals surface area contributed by atoms with Gasteiger partial charge in [-0.05, 0) is 38.8 Å². The molecule has 0 radical (unpaired) electrons. The first-order chi connectivity index (χ1) is 9.33. The van der Waals surface area contributed by atoms with Gasteiger partial charge in [-0.2, -0.15) is 0 Å². The number of aromatic nitrogens is 1. The lowest BCUT2D eigenvalue weighted by Crippen LogP contribution is -2.26. The Morgan fingerprint density at radius 3 is 2.89 bits per heavy atom. The molecule has 1 fully saturated rings. The summed E-state index contributed by atoms with van der Waals surface area (Å²) in [5, 5.41) is 6.89. The molecule has 1 heterocycles. The molecular formula is C15H27N3S. The summed E-state index contributed by atoms with van der Waals surface area (Å²) in [5.74, 6) is 0. The van der Waals surface area contributed by atoms with Crippen LogP contribution in [0.3, 0.4) is 0 Å². The number of nitrogens with one attached hydrogen (secondary N) is 1. The van der Waals surface area contributed by atoms with Gasteiger partial charge in [0.2, 0.25) is 0 Å². The highest BCUT2D eigenvalue weighted by Crippen LogP contribution is 2.28. The first-order valence-electron chi connectivity index (χ1n) is 7.71. The summed E-state index contributed by atoms with van der Waals surface area (Å²) >= 11 is 1.80. The Balaban J connectivity index is 1.79. The van der Waals surface area contributed by atoms with Gasteiger partial charge in [-0.15, -0.1) is 11.3 Å². The second-order valence-corrected chi connectivity index (χ2v) is 6.41. The highest BCUT2D eigenvalue weighted by Gasteiger charge is 2.28. The van der Waals surface area contributed by atoms with Gasteiger partial charge in [0.25, 0.3) is 0 Å². The highest BCUT2D eigenvalue weighted by atomic mass is 32.1. The average molecular weight is 281 g/mol. The third-order valence-electron chi connectivity index (χ3n) is 3.53. The maximum absolute atomic E-state index is 4.75. The van der Waals surface area contributed by atoms with E-state index in [0.29, 0.717) is 0 Å². The normalized spacial score (nSPS) is 15.3. The van der Waals surface area contributed by atoms with E-state index in [4.69, 9.17) is 4.98 Å². The second-order valence-electron chi connectivity index (χ2n) is 5.46. The van der Waals surface area contributed by atoms with E-state index in [2.05, 4.69) is 29.4 Å². The molecule has 1 N–H and O–H groups in total. The predicted molar refractivity (Wildman–Crippen MR) is 82.5 cm³/mol. The second kappa shape index (κ2) is 7.98. The van der Waals surface area contributed by atoms with Gasteiger partial charge >= 0.3 is 0 Å². The number of thiazole rings is 1. The standard InChI is InChI=1S/C15H27N3S/c1-3-5-9-18(14-6-7-14)11-13-12-19-15(17-13)10-16-8-4-2/h12,14,16H,3-11H2,1-2H3. The van der Waals surface area contributed by atoms with Gasteiger partial charge in [0.05, 0.1) is 5.69 Å². The molecule has 4 heteroatoms. The largest absolute Gasteiger partial charge is 0.310 e. The number of nitrogens with zero attached hydrogens (tertiary/aromatic N) is 2. The zero-order chi connectivity index (χ0) is 13.5. The van der Waals surface area contributed by atoms with Gasteiger partial charge in [-0.1, -0.05) is 20.3 Å². The fourth-order valence-electron chi connectivity index (χ4n) is 2.27. The van der Waals surface area contributed by atoms with E-state index in [-0.39, 0.29) is 0 Å². The molecule has 1 aliphatic rings. The van der Waals surface area contributed by atoms with E-state index in [9.17, 15) is 0 Å². The maximum Gasteiger partial charge on any atom is 0.107 e. The molecule has 1 aromatic rings. The molecule has 3 nitrogen and oxygen atoms in total. The zero-order valence-corrected chi connectivity index (χ0v) is 13.1. The predicted octanol–water partition coefficient (Wildman–Crippen LogP) is 3.41. The van der Waals surface area contributed by atoms with Crippen LogP contribution in [0, 0.1) is 0 Å². The van der Waals surface area contributed by atoms with Gasteiger partial charge < -0.3 is 5.32 Å². The van der Waals surface area contributed by atoms with Gasteiger partial charge in [0.15, 0.2) is 0 Å². The Bertz CT molecular complexity index is 360. The van der Waals surface area contributed by atoms with Crippen LogP contribution in [0.25, 0.3) is 0 Å². The summed E-state index contributed by atoms with van der Waals surface area (Å²) in [6.45, 7) is 8.76. The van der Waals surface area contributed by atoms with Gasteiger partial charge in [-0.25, -0.2) is 4.98 Å². The molecule has 2 rings (SSSR count). The minimum absolute atomic E-state index is 0.843. The minimum Gasteiger partial charge on any atom is -0.310 e. The monoisotopic (exact) mass is 281 g/mol. The molecule has 19 heavy (non-hydrogen) atoms. The van der Waals surface area contributed by atoms with E-state index in [1.54, 1.807) is 11.3 Å². The van der Waals surface area contributed by atoms with Crippen molar-refractivity contribution in [1.29, 1.82) is 0 Å². The molecule has 0 unspecified atom stereocenters. The van der Waals surface area contributed by atoms with Crippen molar-refractivity contribution in [1.82, 2.24) is 15.2 Å². The van der Waals surface area contributed by atoms with Crippen molar-refractivity contribution < 1.29 is 0 Å². The van der Waals surface area contributed by atoms with E-state index in [1.165, 1.54) is 49.4 Å². The maximum atomic E-state index is 4.75. The zero-order valence-electron chi connectivity index (χ0n) is 12.3. The lowest BCUT2D eigenvalue weighted by molar-refractivity contribution is 0.248. The summed E-state index contributed by atoms with van der Waals surface area (Å²) < 4.78 is 0. The molecule has 0 atom stereocenters. The van der Waals surface area contributed by atoms with Crippen LogP contribution in [-0.2, 0) is 13.1 Å². The molecule has 0 bridgehead atoms. The fraction of sp³-hybridized carbons (Fsp3) is 0.800. The Hall–Kier alpha value is -0.450. The van der Waals surface area contributed by atoms with Crippen molar-refractivity contribution in [3.8, 4) is 0 Å². The van der Waals surface area contributed by atoms with Gasteiger partial charge in [0, 0.05) is 24.5 Å². The third kappa shape index (κ3) is 5.21. The van der Waals surface area contributed by atoms with Crippen LogP contribution < -0.4 is 5.32 Å². The van der Waals surface area contributed by atoms with E-state index in [1.807, 2.05) is 0 Å². The lowest BCUT2D eigenvalue weighted by atomic mass is 10.3. The van der Waals surface area contributed by atoms with Crippen LogP contribution in [0.2, 0.25) is 0 Å². The minimum atomic E-state index is 0.843. The highest BCUT2D eigenvalue weighted by molar-refractivity contribution is 7.09. The Kier molecular flexibility index (Phi) is 6.28. The number of hydrogen-bond donors (Lipinski definition) is 1. The molecule has 0 aromatic carbocycles. The molecule has 1 saturated carbocycles. The number of rotatable bonds is 10.